The number of nitrogens with one attached hydrogen (secondary N) is 1. The van der Waals surface area contributed by atoms with Crippen molar-refractivity contribution in [3.8, 4) is 0 Å². The van der Waals surface area contributed by atoms with Gasteiger partial charge in [0.1, 0.15) is 0 Å². The molecule has 22 heavy (non-hydrogen) atoms. The molecule has 1 N–H and O–H groups in total. The van der Waals surface area contributed by atoms with Crippen LogP contribution < -0.4 is 4.72 Å². The molecule has 1 aromatic heterocycles. The van der Waals surface area contributed by atoms with Gasteiger partial charge in [0.15, 0.2) is 0 Å². The van der Waals surface area contributed by atoms with Crippen LogP contribution in [0, 0.1) is 0 Å². The molecule has 6 heteroatoms. The Morgan fingerprint density at radius 2 is 2.00 bits per heavy atom. The van der Waals surface area contributed by atoms with Gasteiger partial charge in [0.25, 0.3) is 0 Å². The van der Waals surface area contributed by atoms with Gasteiger partial charge in [-0.2, -0.15) is 0 Å². The first kappa shape index (κ1) is 15.6. The number of sulfonamides is 1. The summed E-state index contributed by atoms with van der Waals surface area (Å²) in [6, 6.07) is 9.96. The highest BCUT2D eigenvalue weighted by molar-refractivity contribution is 7.89. The van der Waals surface area contributed by atoms with E-state index in [2.05, 4.69) is 9.71 Å². The largest absolute Gasteiger partial charge is 0.245 e. The Kier molecular flexibility index (Phi) is 4.90. The number of hydrogen-bond donors (Lipinski definition) is 1. The van der Waals surface area contributed by atoms with Gasteiger partial charge < -0.3 is 0 Å². The third kappa shape index (κ3) is 4.63. The Bertz CT molecular complexity index is 707. The number of thiazole rings is 1. The summed E-state index contributed by atoms with van der Waals surface area (Å²) >= 11 is 1.64. The average Bonchev–Trinajstić information content (AvgIpc) is 3.25. The van der Waals surface area contributed by atoms with E-state index in [-0.39, 0.29) is 5.75 Å². The maximum atomic E-state index is 12.0. The van der Waals surface area contributed by atoms with Gasteiger partial charge in [-0.15, -0.1) is 11.3 Å². The van der Waals surface area contributed by atoms with E-state index in [0.29, 0.717) is 18.9 Å². The van der Waals surface area contributed by atoms with E-state index < -0.39 is 10.0 Å². The van der Waals surface area contributed by atoms with E-state index in [1.165, 1.54) is 18.4 Å². The van der Waals surface area contributed by atoms with Gasteiger partial charge in [-0.3, -0.25) is 0 Å². The zero-order valence-electron chi connectivity index (χ0n) is 12.4. The van der Waals surface area contributed by atoms with Crippen LogP contribution in [0.15, 0.2) is 35.7 Å². The SMILES string of the molecule is O=S(=O)(CCCc1ccccc1)NCc1csc(C2CC2)n1. The molecule has 0 unspecified atom stereocenters. The molecule has 118 valence electrons. The van der Waals surface area contributed by atoms with Crippen molar-refractivity contribution in [2.24, 2.45) is 0 Å². The number of rotatable bonds is 8. The predicted octanol–water partition coefficient (Wildman–Crippen LogP) is 3.07. The summed E-state index contributed by atoms with van der Waals surface area (Å²) in [5.41, 5.74) is 2.00. The number of hydrogen-bond acceptors (Lipinski definition) is 4. The monoisotopic (exact) mass is 336 g/mol. The number of benzene rings is 1. The molecule has 1 aromatic carbocycles. The molecule has 1 heterocycles. The van der Waals surface area contributed by atoms with Crippen LogP contribution in [-0.2, 0) is 23.0 Å². The van der Waals surface area contributed by atoms with Crippen LogP contribution >= 0.6 is 11.3 Å². The number of nitrogens with zero attached hydrogens (tertiary/aromatic N) is 1. The smallest absolute Gasteiger partial charge is 0.211 e. The molecule has 1 fully saturated rings. The first-order valence-electron chi connectivity index (χ1n) is 7.58. The molecule has 0 amide bonds. The molecular formula is C16H20N2O2S2. The Morgan fingerprint density at radius 1 is 1.23 bits per heavy atom. The summed E-state index contributed by atoms with van der Waals surface area (Å²) in [6.45, 7) is 0.302. The zero-order valence-corrected chi connectivity index (χ0v) is 14.0. The van der Waals surface area contributed by atoms with Gasteiger partial charge in [0.05, 0.1) is 23.0 Å². The van der Waals surface area contributed by atoms with Crippen LogP contribution in [0.5, 0.6) is 0 Å². The minimum Gasteiger partial charge on any atom is -0.245 e. The van der Waals surface area contributed by atoms with Crippen LogP contribution in [0.2, 0.25) is 0 Å². The average molecular weight is 336 g/mol. The fourth-order valence-corrected chi connectivity index (χ4v) is 4.32. The minimum atomic E-state index is -3.23. The Morgan fingerprint density at radius 3 is 2.73 bits per heavy atom. The van der Waals surface area contributed by atoms with Crippen LogP contribution in [0.25, 0.3) is 0 Å². The molecule has 3 rings (SSSR count). The van der Waals surface area contributed by atoms with E-state index in [1.807, 2.05) is 35.7 Å². The lowest BCUT2D eigenvalue weighted by Gasteiger charge is -2.05. The summed E-state index contributed by atoms with van der Waals surface area (Å²) in [5, 5.41) is 3.11. The lowest BCUT2D eigenvalue weighted by atomic mass is 10.1. The minimum absolute atomic E-state index is 0.154. The highest BCUT2D eigenvalue weighted by Crippen LogP contribution is 2.41. The van der Waals surface area contributed by atoms with Crippen molar-refractivity contribution in [1.29, 1.82) is 0 Å². The van der Waals surface area contributed by atoms with Crippen LogP contribution in [0.4, 0.5) is 0 Å². The molecule has 1 saturated carbocycles. The second-order valence-electron chi connectivity index (χ2n) is 5.68. The molecule has 2 aromatic rings. The lowest BCUT2D eigenvalue weighted by molar-refractivity contribution is 0.577. The van der Waals surface area contributed by atoms with Crippen molar-refractivity contribution in [3.63, 3.8) is 0 Å². The van der Waals surface area contributed by atoms with Gasteiger partial charge in [-0.1, -0.05) is 30.3 Å². The topological polar surface area (TPSA) is 59.1 Å². The van der Waals surface area contributed by atoms with E-state index in [0.717, 1.165) is 17.1 Å². The second kappa shape index (κ2) is 6.89. The Hall–Kier alpha value is -1.24. The number of aryl methyl sites for hydroxylation is 1. The van der Waals surface area contributed by atoms with Crippen LogP contribution in [-0.4, -0.2) is 19.2 Å². The normalized spacial score (nSPS) is 15.1. The fourth-order valence-electron chi connectivity index (χ4n) is 2.29. The van der Waals surface area contributed by atoms with Gasteiger partial charge in [0, 0.05) is 11.3 Å². The summed E-state index contributed by atoms with van der Waals surface area (Å²) in [6.07, 6.45) is 3.85. The molecule has 0 radical (unpaired) electrons. The summed E-state index contributed by atoms with van der Waals surface area (Å²) in [5.74, 6) is 0.780. The Balaban J connectivity index is 1.44. The van der Waals surface area contributed by atoms with Gasteiger partial charge >= 0.3 is 0 Å². The molecule has 0 atom stereocenters. The van der Waals surface area contributed by atoms with Crippen LogP contribution in [0.1, 0.15) is 41.4 Å². The standard InChI is InChI=1S/C16H20N2O2S2/c19-22(20,10-4-7-13-5-2-1-3-6-13)17-11-15-12-21-16(18-15)14-8-9-14/h1-3,5-6,12,14,17H,4,7-11H2. The van der Waals surface area contributed by atoms with Crippen LogP contribution in [0.3, 0.4) is 0 Å². The van der Waals surface area contributed by atoms with Crippen molar-refractivity contribution in [1.82, 2.24) is 9.71 Å². The molecule has 0 bridgehead atoms. The lowest BCUT2D eigenvalue weighted by Crippen LogP contribution is -2.26. The fraction of sp³-hybridized carbons (Fsp3) is 0.438. The third-order valence-corrected chi connectivity index (χ3v) is 6.16. The van der Waals surface area contributed by atoms with Crippen molar-refractivity contribution < 1.29 is 8.42 Å². The molecule has 0 aliphatic heterocycles. The first-order chi connectivity index (χ1) is 10.6. The summed E-state index contributed by atoms with van der Waals surface area (Å²) in [7, 11) is -3.23. The highest BCUT2D eigenvalue weighted by atomic mass is 32.2. The molecule has 1 aliphatic rings. The van der Waals surface area contributed by atoms with E-state index in [9.17, 15) is 8.42 Å². The van der Waals surface area contributed by atoms with Crippen molar-refractivity contribution in [2.75, 3.05) is 5.75 Å². The van der Waals surface area contributed by atoms with Crippen molar-refractivity contribution >= 4 is 21.4 Å². The molecule has 0 saturated heterocycles. The van der Waals surface area contributed by atoms with Gasteiger partial charge in [-0.25, -0.2) is 18.1 Å². The molecular weight excluding hydrogens is 316 g/mol. The van der Waals surface area contributed by atoms with E-state index in [4.69, 9.17) is 0 Å². The second-order valence-corrected chi connectivity index (χ2v) is 8.50. The van der Waals surface area contributed by atoms with E-state index in [1.54, 1.807) is 11.3 Å². The maximum absolute atomic E-state index is 12.0. The maximum Gasteiger partial charge on any atom is 0.211 e. The zero-order chi connectivity index (χ0) is 15.4. The molecule has 1 aliphatic carbocycles. The van der Waals surface area contributed by atoms with Gasteiger partial charge in [-0.05, 0) is 31.2 Å². The van der Waals surface area contributed by atoms with E-state index >= 15 is 0 Å². The molecule has 0 spiro atoms. The summed E-state index contributed by atoms with van der Waals surface area (Å²) < 4.78 is 26.7. The van der Waals surface area contributed by atoms with Gasteiger partial charge in [0.2, 0.25) is 10.0 Å². The highest BCUT2D eigenvalue weighted by Gasteiger charge is 2.26. The third-order valence-electron chi connectivity index (χ3n) is 3.69. The number of aromatic nitrogens is 1. The van der Waals surface area contributed by atoms with Crippen molar-refractivity contribution in [3.05, 3.63) is 52.0 Å². The summed E-state index contributed by atoms with van der Waals surface area (Å²) in [4.78, 5) is 4.49. The van der Waals surface area contributed by atoms with Crippen molar-refractivity contribution in [2.45, 2.75) is 38.1 Å². The first-order valence-corrected chi connectivity index (χ1v) is 10.1. The predicted molar refractivity (Wildman–Crippen MR) is 89.5 cm³/mol. The molecule has 4 nitrogen and oxygen atoms in total. The quantitative estimate of drug-likeness (QED) is 0.806. The Labute approximate surface area is 135 Å².